The lowest BCUT2D eigenvalue weighted by molar-refractivity contribution is 0.0134. The Hall–Kier alpha value is -1.06. The first-order valence-corrected chi connectivity index (χ1v) is 3.98. The van der Waals surface area contributed by atoms with E-state index in [0.29, 0.717) is 13.3 Å². The van der Waals surface area contributed by atoms with E-state index in [4.69, 9.17) is 0 Å². The number of nitrogens with zero attached hydrogens (tertiary/aromatic N) is 1. The lowest BCUT2D eigenvalue weighted by Crippen LogP contribution is -2.12. The van der Waals surface area contributed by atoms with E-state index >= 15 is 0 Å². The number of hydrogen-bond acceptors (Lipinski definition) is 1. The molecule has 0 aromatic carbocycles. The molecule has 1 aromatic rings. The van der Waals surface area contributed by atoms with E-state index in [9.17, 15) is 13.2 Å². The molecule has 0 radical (unpaired) electrons. The van der Waals surface area contributed by atoms with Crippen molar-refractivity contribution in [3.63, 3.8) is 0 Å². The Morgan fingerprint density at radius 2 is 2.08 bits per heavy atom. The minimum atomic E-state index is -3.14. The van der Waals surface area contributed by atoms with Gasteiger partial charge in [0.2, 0.25) is 0 Å². The molecule has 0 fully saturated rings. The minimum absolute atomic E-state index is 0.0824. The average Bonchev–Trinajstić information content (AvgIpc) is 2.02. The van der Waals surface area contributed by atoms with E-state index in [1.165, 1.54) is 6.20 Å². The number of hydrogen-bond donors (Lipinski definition) is 0. The second kappa shape index (κ2) is 3.36. The Balaban J connectivity index is 3.24. The second-order valence-electron chi connectivity index (χ2n) is 2.86. The van der Waals surface area contributed by atoms with Gasteiger partial charge in [-0.2, -0.15) is 0 Å². The maximum atomic E-state index is 13.2. The molecular weight excluding hydrogens is 179 g/mol. The van der Waals surface area contributed by atoms with Crippen molar-refractivity contribution in [1.29, 1.82) is 0 Å². The van der Waals surface area contributed by atoms with Crippen molar-refractivity contribution in [2.75, 3.05) is 0 Å². The van der Waals surface area contributed by atoms with E-state index in [-0.39, 0.29) is 5.69 Å². The highest BCUT2D eigenvalue weighted by Crippen LogP contribution is 2.29. The summed E-state index contributed by atoms with van der Waals surface area (Å²) in [6.07, 6.45) is 1.52. The third-order valence-electron chi connectivity index (χ3n) is 1.77. The average molecular weight is 189 g/mol. The molecule has 0 aliphatic carbocycles. The normalized spacial score (nSPS) is 11.8. The Kier molecular flexibility index (Phi) is 2.59. The minimum Gasteiger partial charge on any atom is -0.258 e. The van der Waals surface area contributed by atoms with Crippen LogP contribution in [0.15, 0.2) is 12.3 Å². The van der Waals surface area contributed by atoms with Crippen LogP contribution in [-0.4, -0.2) is 4.98 Å². The summed E-state index contributed by atoms with van der Waals surface area (Å²) in [5, 5.41) is 0. The molecule has 0 unspecified atom stereocenters. The fourth-order valence-corrected chi connectivity index (χ4v) is 1.07. The van der Waals surface area contributed by atoms with Crippen LogP contribution in [0.3, 0.4) is 0 Å². The van der Waals surface area contributed by atoms with Gasteiger partial charge in [0.1, 0.15) is 0 Å². The fourth-order valence-electron chi connectivity index (χ4n) is 1.07. The molecule has 13 heavy (non-hydrogen) atoms. The van der Waals surface area contributed by atoms with E-state index in [2.05, 4.69) is 4.98 Å². The highest BCUT2D eigenvalue weighted by Gasteiger charge is 2.29. The predicted molar refractivity (Wildman–Crippen MR) is 43.1 cm³/mol. The zero-order chi connectivity index (χ0) is 10.1. The lowest BCUT2D eigenvalue weighted by atomic mass is 10.1. The van der Waals surface area contributed by atoms with Gasteiger partial charge in [0, 0.05) is 13.1 Å². The summed E-state index contributed by atoms with van der Waals surface area (Å²) < 4.78 is 38.8. The van der Waals surface area contributed by atoms with Crippen LogP contribution in [0.1, 0.15) is 25.1 Å². The third kappa shape index (κ3) is 1.99. The molecule has 0 saturated heterocycles. The highest BCUT2D eigenvalue weighted by molar-refractivity contribution is 5.23. The smallest absolute Gasteiger partial charge is 0.258 e. The van der Waals surface area contributed by atoms with Gasteiger partial charge in [-0.05, 0) is 12.5 Å². The van der Waals surface area contributed by atoms with E-state index in [0.717, 1.165) is 6.07 Å². The van der Waals surface area contributed by atoms with Crippen LogP contribution in [0.4, 0.5) is 13.2 Å². The van der Waals surface area contributed by atoms with Gasteiger partial charge in [0.25, 0.3) is 5.92 Å². The number of aryl methyl sites for hydroxylation is 1. The molecule has 0 N–H and O–H groups in total. The molecule has 72 valence electrons. The van der Waals surface area contributed by atoms with E-state index in [1.807, 2.05) is 0 Å². The first-order chi connectivity index (χ1) is 5.96. The fraction of sp³-hybridized carbons (Fsp3) is 0.444. The predicted octanol–water partition coefficient (Wildman–Crippen LogP) is 2.89. The Morgan fingerprint density at radius 3 is 2.54 bits per heavy atom. The summed E-state index contributed by atoms with van der Waals surface area (Å²) in [6.45, 7) is 2.34. The molecule has 4 heteroatoms. The molecule has 0 saturated carbocycles. The van der Waals surface area contributed by atoms with Gasteiger partial charge in [-0.15, -0.1) is 0 Å². The number of aromatic nitrogens is 1. The van der Waals surface area contributed by atoms with Gasteiger partial charge in [-0.3, -0.25) is 4.98 Å². The van der Waals surface area contributed by atoms with Gasteiger partial charge in [-0.25, -0.2) is 13.2 Å². The Morgan fingerprint density at radius 1 is 1.46 bits per heavy atom. The van der Waals surface area contributed by atoms with Crippen molar-refractivity contribution in [3.05, 3.63) is 29.3 Å². The van der Waals surface area contributed by atoms with Crippen LogP contribution in [0, 0.1) is 5.82 Å². The van der Waals surface area contributed by atoms with Crippen molar-refractivity contribution in [1.82, 2.24) is 4.98 Å². The highest BCUT2D eigenvalue weighted by atomic mass is 19.3. The van der Waals surface area contributed by atoms with Crippen LogP contribution in [0.5, 0.6) is 0 Å². The molecule has 0 aliphatic rings. The molecule has 1 nitrogen and oxygen atoms in total. The van der Waals surface area contributed by atoms with Crippen LogP contribution < -0.4 is 0 Å². The Bertz CT molecular complexity index is 304. The van der Waals surface area contributed by atoms with Crippen molar-refractivity contribution in [2.45, 2.75) is 26.2 Å². The van der Waals surface area contributed by atoms with E-state index in [1.54, 1.807) is 6.92 Å². The van der Waals surface area contributed by atoms with Gasteiger partial charge < -0.3 is 0 Å². The monoisotopic (exact) mass is 189 g/mol. The van der Waals surface area contributed by atoms with Gasteiger partial charge in [0.05, 0.1) is 11.3 Å². The molecule has 1 heterocycles. The standard InChI is InChI=1S/C9H10F3N/c1-3-7-8(10)6(4-5-13-7)9(2,11)12/h4-5H,3H2,1-2H3. The second-order valence-corrected chi connectivity index (χ2v) is 2.86. The summed E-state index contributed by atoms with van der Waals surface area (Å²) in [6, 6.07) is 1.01. The summed E-state index contributed by atoms with van der Waals surface area (Å²) in [5.74, 6) is -4.03. The van der Waals surface area contributed by atoms with Crippen molar-refractivity contribution in [3.8, 4) is 0 Å². The Labute approximate surface area is 74.6 Å². The molecule has 0 atom stereocenters. The molecule has 1 aromatic heterocycles. The zero-order valence-electron chi connectivity index (χ0n) is 7.44. The molecule has 0 amide bonds. The SMILES string of the molecule is CCc1nccc(C(C)(F)F)c1F. The summed E-state index contributed by atoms with van der Waals surface area (Å²) in [5.41, 5.74) is -0.502. The summed E-state index contributed by atoms with van der Waals surface area (Å²) in [4.78, 5) is 3.66. The lowest BCUT2D eigenvalue weighted by Gasteiger charge is -2.12. The number of rotatable bonds is 2. The number of pyridine rings is 1. The van der Waals surface area contributed by atoms with Crippen LogP contribution in [0.2, 0.25) is 0 Å². The maximum absolute atomic E-state index is 13.2. The van der Waals surface area contributed by atoms with Crippen LogP contribution >= 0.6 is 0 Å². The van der Waals surface area contributed by atoms with Crippen LogP contribution in [-0.2, 0) is 12.3 Å². The van der Waals surface area contributed by atoms with Crippen molar-refractivity contribution in [2.24, 2.45) is 0 Å². The summed E-state index contributed by atoms with van der Waals surface area (Å²) in [7, 11) is 0. The first-order valence-electron chi connectivity index (χ1n) is 3.98. The van der Waals surface area contributed by atoms with Gasteiger partial charge >= 0.3 is 0 Å². The zero-order valence-corrected chi connectivity index (χ0v) is 7.44. The number of alkyl halides is 2. The molecule has 1 rings (SSSR count). The maximum Gasteiger partial charge on any atom is 0.273 e. The topological polar surface area (TPSA) is 12.9 Å². The van der Waals surface area contributed by atoms with Gasteiger partial charge in [0.15, 0.2) is 5.82 Å². The largest absolute Gasteiger partial charge is 0.273 e. The quantitative estimate of drug-likeness (QED) is 0.697. The van der Waals surface area contributed by atoms with Crippen LogP contribution in [0.25, 0.3) is 0 Å². The molecule has 0 spiro atoms. The number of halogens is 3. The first kappa shape index (κ1) is 10.0. The van der Waals surface area contributed by atoms with Crippen molar-refractivity contribution >= 4 is 0 Å². The van der Waals surface area contributed by atoms with E-state index < -0.39 is 17.3 Å². The third-order valence-corrected chi connectivity index (χ3v) is 1.77. The molecular formula is C9H10F3N. The molecule has 0 aliphatic heterocycles. The van der Waals surface area contributed by atoms with Gasteiger partial charge in [-0.1, -0.05) is 6.92 Å². The van der Waals surface area contributed by atoms with Crippen molar-refractivity contribution < 1.29 is 13.2 Å². The molecule has 0 bridgehead atoms. The summed E-state index contributed by atoms with van der Waals surface area (Å²) >= 11 is 0.